The van der Waals surface area contributed by atoms with Crippen molar-refractivity contribution in [1.82, 2.24) is 19.5 Å². The molecular formula is C17H11Cl2N5O3. The number of nitrogens with two attached hydrogens (primary N) is 1. The number of fused-ring (bicyclic) bond motifs is 1. The number of furan rings is 1. The Hall–Kier alpha value is -3.10. The number of nitrogens with zero attached hydrogens (tertiary/aromatic N) is 3. The molecule has 0 saturated carbocycles. The molecule has 0 atom stereocenters. The first-order valence-corrected chi connectivity index (χ1v) is 8.45. The van der Waals surface area contributed by atoms with E-state index < -0.39 is 11.6 Å². The largest absolute Gasteiger partial charge is 0.458 e. The molecule has 3 heterocycles. The van der Waals surface area contributed by atoms with E-state index in [0.29, 0.717) is 22.2 Å². The molecule has 4 rings (SSSR count). The lowest BCUT2D eigenvalue weighted by molar-refractivity contribution is 0.0997. The van der Waals surface area contributed by atoms with Crippen LogP contribution in [-0.4, -0.2) is 25.4 Å². The molecule has 0 aliphatic heterocycles. The van der Waals surface area contributed by atoms with Crippen molar-refractivity contribution in [2.75, 3.05) is 0 Å². The van der Waals surface area contributed by atoms with E-state index in [1.807, 2.05) is 0 Å². The minimum Gasteiger partial charge on any atom is -0.458 e. The number of primary amides is 1. The van der Waals surface area contributed by atoms with Crippen LogP contribution in [0, 0.1) is 6.92 Å². The monoisotopic (exact) mass is 403 g/mol. The Labute approximate surface area is 161 Å². The average Bonchev–Trinajstić information content (AvgIpc) is 3.19. The molecule has 4 aromatic rings. The van der Waals surface area contributed by atoms with E-state index in [2.05, 4.69) is 15.0 Å². The van der Waals surface area contributed by atoms with Crippen molar-refractivity contribution in [1.29, 1.82) is 0 Å². The molecule has 8 nitrogen and oxygen atoms in total. The van der Waals surface area contributed by atoms with Gasteiger partial charge in [0, 0.05) is 0 Å². The van der Waals surface area contributed by atoms with E-state index in [-0.39, 0.29) is 27.7 Å². The van der Waals surface area contributed by atoms with E-state index in [9.17, 15) is 9.59 Å². The van der Waals surface area contributed by atoms with Gasteiger partial charge in [0.2, 0.25) is 0 Å². The zero-order valence-electron chi connectivity index (χ0n) is 13.8. The fourth-order valence-electron chi connectivity index (χ4n) is 2.69. The number of rotatable bonds is 3. The van der Waals surface area contributed by atoms with Crippen molar-refractivity contribution >= 4 is 40.3 Å². The Bertz CT molecular complexity index is 1270. The van der Waals surface area contributed by atoms with Crippen LogP contribution in [0.4, 0.5) is 0 Å². The number of hydrogen-bond donors (Lipinski definition) is 2. The summed E-state index contributed by atoms with van der Waals surface area (Å²) in [6.07, 6.45) is 0. The molecule has 27 heavy (non-hydrogen) atoms. The number of halogens is 2. The molecule has 0 saturated heterocycles. The van der Waals surface area contributed by atoms with Crippen LogP contribution in [0.3, 0.4) is 0 Å². The maximum Gasteiger partial charge on any atom is 0.332 e. The maximum atomic E-state index is 12.6. The number of carbonyl (C=O) groups excluding carboxylic acids is 1. The summed E-state index contributed by atoms with van der Waals surface area (Å²) in [5.41, 5.74) is 5.47. The fourth-order valence-corrected chi connectivity index (χ4v) is 2.98. The van der Waals surface area contributed by atoms with Crippen molar-refractivity contribution in [3.63, 3.8) is 0 Å². The molecule has 1 aromatic carbocycles. The third-order valence-electron chi connectivity index (χ3n) is 3.89. The van der Waals surface area contributed by atoms with Crippen LogP contribution < -0.4 is 11.4 Å². The van der Waals surface area contributed by atoms with E-state index in [0.717, 1.165) is 0 Å². The van der Waals surface area contributed by atoms with Gasteiger partial charge >= 0.3 is 5.69 Å². The Kier molecular flexibility index (Phi) is 4.01. The smallest absolute Gasteiger partial charge is 0.332 e. The summed E-state index contributed by atoms with van der Waals surface area (Å²) in [7, 11) is 0. The van der Waals surface area contributed by atoms with Gasteiger partial charge in [-0.2, -0.15) is 0 Å². The molecule has 0 radical (unpaired) electrons. The first-order chi connectivity index (χ1) is 12.8. The first kappa shape index (κ1) is 17.3. The normalized spacial score (nSPS) is 11.2. The number of nitrogens with one attached hydrogen (secondary N) is 1. The second-order valence-corrected chi connectivity index (χ2v) is 6.55. The topological polar surface area (TPSA) is 120 Å². The summed E-state index contributed by atoms with van der Waals surface area (Å²) in [4.78, 5) is 35.6. The summed E-state index contributed by atoms with van der Waals surface area (Å²) in [6.45, 7) is 1.76. The number of carbonyl (C=O) groups is 1. The second-order valence-electron chi connectivity index (χ2n) is 5.73. The molecule has 0 unspecified atom stereocenters. The van der Waals surface area contributed by atoms with Gasteiger partial charge in [-0.1, -0.05) is 23.2 Å². The van der Waals surface area contributed by atoms with Gasteiger partial charge in [-0.25, -0.2) is 19.3 Å². The van der Waals surface area contributed by atoms with E-state index in [4.69, 9.17) is 33.4 Å². The first-order valence-electron chi connectivity index (χ1n) is 7.70. The van der Waals surface area contributed by atoms with Crippen molar-refractivity contribution < 1.29 is 9.21 Å². The highest BCUT2D eigenvalue weighted by Crippen LogP contribution is 2.27. The highest BCUT2D eigenvalue weighted by atomic mass is 35.5. The Morgan fingerprint density at radius 3 is 2.59 bits per heavy atom. The van der Waals surface area contributed by atoms with Crippen molar-refractivity contribution in [3.05, 3.63) is 62.3 Å². The van der Waals surface area contributed by atoms with Gasteiger partial charge in [0.25, 0.3) is 5.91 Å². The number of aromatic amines is 1. The Morgan fingerprint density at radius 1 is 1.19 bits per heavy atom. The van der Waals surface area contributed by atoms with Gasteiger partial charge in [0.15, 0.2) is 22.9 Å². The number of aromatic nitrogens is 4. The van der Waals surface area contributed by atoms with Gasteiger partial charge in [-0.15, -0.1) is 0 Å². The molecule has 0 fully saturated rings. The zero-order chi connectivity index (χ0) is 19.3. The minimum absolute atomic E-state index is 0.116. The highest BCUT2D eigenvalue weighted by molar-refractivity contribution is 6.42. The zero-order valence-corrected chi connectivity index (χ0v) is 15.3. The standard InChI is InChI=1S/C17H11Cl2N5O3/c1-7-2-5-11(27-7)15-21-12(14(20)25)13-16(23-15)24(17(26)22-13)8-3-4-9(18)10(19)6-8/h2-6H,1H3,(H2,20,25)(H,22,26). The lowest BCUT2D eigenvalue weighted by Crippen LogP contribution is -2.15. The summed E-state index contributed by atoms with van der Waals surface area (Å²) in [5.74, 6) is 0.295. The summed E-state index contributed by atoms with van der Waals surface area (Å²) >= 11 is 12.0. The quantitative estimate of drug-likeness (QED) is 0.544. The third kappa shape index (κ3) is 2.88. The highest BCUT2D eigenvalue weighted by Gasteiger charge is 2.21. The molecule has 3 N–H and O–H groups in total. The van der Waals surface area contributed by atoms with E-state index in [1.165, 1.54) is 10.6 Å². The molecular weight excluding hydrogens is 393 g/mol. The van der Waals surface area contributed by atoms with Crippen LogP contribution in [-0.2, 0) is 0 Å². The molecule has 0 bridgehead atoms. The number of aryl methyl sites for hydroxylation is 1. The van der Waals surface area contributed by atoms with Gasteiger partial charge in [0.05, 0.1) is 15.7 Å². The molecule has 3 aromatic heterocycles. The van der Waals surface area contributed by atoms with Crippen LogP contribution in [0.2, 0.25) is 10.0 Å². The molecule has 0 spiro atoms. The average molecular weight is 404 g/mol. The van der Waals surface area contributed by atoms with Gasteiger partial charge in [0.1, 0.15) is 11.3 Å². The number of H-pyrrole nitrogens is 1. The van der Waals surface area contributed by atoms with Gasteiger partial charge < -0.3 is 15.1 Å². The van der Waals surface area contributed by atoms with Crippen LogP contribution in [0.5, 0.6) is 0 Å². The summed E-state index contributed by atoms with van der Waals surface area (Å²) in [5, 5.41) is 0.606. The van der Waals surface area contributed by atoms with Gasteiger partial charge in [-0.05, 0) is 37.3 Å². The molecule has 10 heteroatoms. The third-order valence-corrected chi connectivity index (χ3v) is 4.63. The predicted molar refractivity (Wildman–Crippen MR) is 100 cm³/mol. The minimum atomic E-state index is -0.811. The number of imidazole rings is 1. The molecule has 0 aliphatic rings. The van der Waals surface area contributed by atoms with E-state index >= 15 is 0 Å². The molecule has 1 amide bonds. The van der Waals surface area contributed by atoms with E-state index in [1.54, 1.807) is 31.2 Å². The maximum absolute atomic E-state index is 12.6. The number of amides is 1. The SMILES string of the molecule is Cc1ccc(-c2nc(C(N)=O)c3[nH]c(=O)n(-c4ccc(Cl)c(Cl)c4)c3n2)o1. The predicted octanol–water partition coefficient (Wildman–Crippen LogP) is 3.08. The van der Waals surface area contributed by atoms with Crippen LogP contribution >= 0.6 is 23.2 Å². The van der Waals surface area contributed by atoms with Crippen LogP contribution in [0.1, 0.15) is 16.2 Å². The van der Waals surface area contributed by atoms with Crippen LogP contribution in [0.15, 0.2) is 39.5 Å². The lowest BCUT2D eigenvalue weighted by atomic mass is 10.3. The van der Waals surface area contributed by atoms with Crippen molar-refractivity contribution in [2.24, 2.45) is 5.73 Å². The van der Waals surface area contributed by atoms with Crippen molar-refractivity contribution in [2.45, 2.75) is 6.92 Å². The Balaban J connectivity index is 2.06. The van der Waals surface area contributed by atoms with Gasteiger partial charge in [-0.3, -0.25) is 4.79 Å². The van der Waals surface area contributed by atoms with Crippen molar-refractivity contribution in [3.8, 4) is 17.3 Å². The number of hydrogen-bond acceptors (Lipinski definition) is 5. The number of benzene rings is 1. The second kappa shape index (κ2) is 6.26. The molecule has 0 aliphatic carbocycles. The Morgan fingerprint density at radius 2 is 1.96 bits per heavy atom. The molecule has 136 valence electrons. The fraction of sp³-hybridized carbons (Fsp3) is 0.0588. The summed E-state index contributed by atoms with van der Waals surface area (Å²) < 4.78 is 6.78. The van der Waals surface area contributed by atoms with Crippen LogP contribution in [0.25, 0.3) is 28.4 Å². The summed E-state index contributed by atoms with van der Waals surface area (Å²) in [6, 6.07) is 8.07. The lowest BCUT2D eigenvalue weighted by Gasteiger charge is -2.06.